The van der Waals surface area contributed by atoms with Crippen LogP contribution in [0.25, 0.3) is 10.8 Å². The Balaban J connectivity index is 2.73. The maximum Gasteiger partial charge on any atom is 0.187 e. The van der Waals surface area contributed by atoms with E-state index in [1.807, 2.05) is 18.2 Å². The molecule has 0 aliphatic rings. The predicted octanol–water partition coefficient (Wildman–Crippen LogP) is 2.88. The average Bonchev–Trinajstić information content (AvgIpc) is 2.31. The standard InChI is InChI=1S/C12H10N2O/c1-14-11-5-4-9-3-2-8(7-13)6-10(9)12(11)15/h2-7,13,15H,1H2/b13-7-/i/hD. The fourth-order valence-electron chi connectivity index (χ4n) is 1.52. The van der Waals surface area contributed by atoms with Gasteiger partial charge in [-0.2, -0.15) is 0 Å². The summed E-state index contributed by atoms with van der Waals surface area (Å²) in [7, 11) is 0. The second-order valence-electron chi connectivity index (χ2n) is 3.20. The third-order valence-electron chi connectivity index (χ3n) is 2.32. The van der Waals surface area contributed by atoms with E-state index in [0.717, 1.165) is 10.9 Å². The molecule has 2 rings (SSSR count). The van der Waals surface area contributed by atoms with Crippen LogP contribution in [0.4, 0.5) is 5.69 Å². The average molecular weight is 199 g/mol. The Bertz CT molecular complexity index is 578. The molecule has 0 aliphatic heterocycles. The van der Waals surface area contributed by atoms with Crippen molar-refractivity contribution in [1.82, 2.24) is 0 Å². The number of nitrogens with one attached hydrogen (secondary N) is 1. The lowest BCUT2D eigenvalue weighted by atomic mass is 10.1. The summed E-state index contributed by atoms with van der Waals surface area (Å²) in [5, 5.41) is 14.7. The van der Waals surface area contributed by atoms with Crippen molar-refractivity contribution in [3.8, 4) is 5.75 Å². The van der Waals surface area contributed by atoms with Gasteiger partial charge in [0.2, 0.25) is 0 Å². The van der Waals surface area contributed by atoms with Crippen molar-refractivity contribution in [3.63, 3.8) is 0 Å². The number of hydrogen-bond donors (Lipinski definition) is 2. The van der Waals surface area contributed by atoms with Crippen molar-refractivity contribution in [2.24, 2.45) is 4.99 Å². The molecule has 0 aromatic heterocycles. The molecule has 3 nitrogen and oxygen atoms in total. The molecule has 0 unspecified atom stereocenters. The van der Waals surface area contributed by atoms with E-state index in [4.69, 9.17) is 1.41 Å². The molecule has 0 aliphatic carbocycles. The molecule has 74 valence electrons. The fraction of sp³-hybridized carbons (Fsp3) is 0. The van der Waals surface area contributed by atoms with Gasteiger partial charge >= 0.3 is 0 Å². The molecule has 3 heteroatoms. The normalized spacial score (nSPS) is 11.9. The van der Waals surface area contributed by atoms with Crippen LogP contribution in [0.2, 0.25) is 1.41 Å². The topological polar surface area (TPSA) is 56.4 Å². The van der Waals surface area contributed by atoms with E-state index in [1.54, 1.807) is 12.1 Å². The maximum atomic E-state index is 9.92. The summed E-state index contributed by atoms with van der Waals surface area (Å²) < 4.78 is 6.76. The monoisotopic (exact) mass is 199 g/mol. The molecule has 0 atom stereocenters. The van der Waals surface area contributed by atoms with Gasteiger partial charge in [-0.05, 0) is 29.8 Å². The smallest absolute Gasteiger partial charge is 0.187 e. The van der Waals surface area contributed by atoms with E-state index in [-0.39, 0.29) is 5.75 Å². The molecule has 0 fully saturated rings. The van der Waals surface area contributed by atoms with Gasteiger partial charge < -0.3 is 10.5 Å². The molecule has 0 heterocycles. The second-order valence-corrected chi connectivity index (χ2v) is 3.20. The summed E-state index contributed by atoms with van der Waals surface area (Å²) in [6.45, 7) is 3.39. The molecule has 0 saturated carbocycles. The number of fused-ring (bicyclic) bond motifs is 1. The zero-order valence-electron chi connectivity index (χ0n) is 9.01. The molecule has 0 amide bonds. The summed E-state index contributed by atoms with van der Waals surface area (Å²) >= 11 is 0. The fourth-order valence-corrected chi connectivity index (χ4v) is 1.52. The van der Waals surface area contributed by atoms with Gasteiger partial charge in [0, 0.05) is 11.6 Å². The molecule has 0 saturated heterocycles. The minimum atomic E-state index is 0.104. The summed E-state index contributed by atoms with van der Waals surface area (Å²) in [6.07, 6.45) is 1.41. The molecule has 0 bridgehead atoms. The van der Waals surface area contributed by atoms with Gasteiger partial charge in [0.25, 0.3) is 0 Å². The molecule has 0 spiro atoms. The van der Waals surface area contributed by atoms with Crippen LogP contribution >= 0.6 is 0 Å². The second kappa shape index (κ2) is 3.53. The Morgan fingerprint density at radius 2 is 2.20 bits per heavy atom. The molecule has 2 aromatic rings. The third kappa shape index (κ3) is 1.48. The number of aromatic hydroxyl groups is 1. The van der Waals surface area contributed by atoms with Gasteiger partial charge in [0.05, 0.1) is 0 Å². The zero-order valence-corrected chi connectivity index (χ0v) is 8.01. The molecular weight excluding hydrogens is 188 g/mol. The molecule has 0 radical (unpaired) electrons. The van der Waals surface area contributed by atoms with Crippen molar-refractivity contribution in [2.45, 2.75) is 0 Å². The van der Waals surface area contributed by atoms with Crippen LogP contribution in [0.3, 0.4) is 0 Å². The summed E-state index contributed by atoms with van der Waals surface area (Å²) in [5.74, 6) is 0.104. The highest BCUT2D eigenvalue weighted by molar-refractivity contribution is 5.96. The van der Waals surface area contributed by atoms with Crippen LogP contribution < -0.4 is 0 Å². The predicted molar refractivity (Wildman–Crippen MR) is 62.7 cm³/mol. The van der Waals surface area contributed by atoms with E-state index in [9.17, 15) is 5.11 Å². The number of benzene rings is 2. The van der Waals surface area contributed by atoms with Crippen LogP contribution in [0, 0.1) is 5.40 Å². The first-order chi connectivity index (χ1) is 7.76. The Kier molecular flexibility index (Phi) is 1.93. The first-order valence-electron chi connectivity index (χ1n) is 4.91. The van der Waals surface area contributed by atoms with E-state index < -0.39 is 0 Å². The van der Waals surface area contributed by atoms with Crippen molar-refractivity contribution in [1.29, 1.82) is 5.40 Å². The lowest BCUT2D eigenvalue weighted by Gasteiger charge is -2.04. The Labute approximate surface area is 88.7 Å². The molecule has 2 N–H and O–H groups in total. The maximum absolute atomic E-state index is 9.92. The Morgan fingerprint density at radius 3 is 2.93 bits per heavy atom. The molecule has 2 aromatic carbocycles. The number of phenols is 1. The van der Waals surface area contributed by atoms with Crippen molar-refractivity contribution in [3.05, 3.63) is 35.9 Å². The Hall–Kier alpha value is -2.16. The highest BCUT2D eigenvalue weighted by Gasteiger charge is 2.04. The van der Waals surface area contributed by atoms with Gasteiger partial charge in [-0.15, -0.1) is 0 Å². The summed E-state index contributed by atoms with van der Waals surface area (Å²) in [4.78, 5) is 3.73. The SMILES string of the molecule is [2H]/N=C\c1ccc2ccc(N=C)c(O)c2c1. The number of hydrogen-bond acceptors (Lipinski definition) is 3. The van der Waals surface area contributed by atoms with E-state index in [0.29, 0.717) is 11.1 Å². The Morgan fingerprint density at radius 1 is 1.40 bits per heavy atom. The van der Waals surface area contributed by atoms with Crippen LogP contribution in [0.1, 0.15) is 5.56 Å². The van der Waals surface area contributed by atoms with E-state index in [1.165, 1.54) is 6.21 Å². The van der Waals surface area contributed by atoms with E-state index in [2.05, 4.69) is 17.1 Å². The van der Waals surface area contributed by atoms with E-state index >= 15 is 0 Å². The zero-order chi connectivity index (χ0) is 11.5. The first-order valence-corrected chi connectivity index (χ1v) is 4.46. The van der Waals surface area contributed by atoms with Crippen LogP contribution in [0.15, 0.2) is 35.3 Å². The lowest BCUT2D eigenvalue weighted by molar-refractivity contribution is 0.483. The quantitative estimate of drug-likeness (QED) is 0.718. The summed E-state index contributed by atoms with van der Waals surface area (Å²) in [5.41, 5.74) is 1.21. The van der Waals surface area contributed by atoms with Crippen LogP contribution in [0.5, 0.6) is 5.75 Å². The highest BCUT2D eigenvalue weighted by atomic mass is 16.3. The molecular formula is C12H10N2O. The lowest BCUT2D eigenvalue weighted by Crippen LogP contribution is -1.81. The van der Waals surface area contributed by atoms with Crippen molar-refractivity contribution in [2.75, 3.05) is 0 Å². The van der Waals surface area contributed by atoms with Gasteiger partial charge in [0.1, 0.15) is 11.4 Å². The first kappa shape index (κ1) is 8.17. The number of nitrogens with zero attached hydrogens (tertiary/aromatic N) is 1. The number of rotatable bonds is 2. The van der Waals surface area contributed by atoms with Crippen LogP contribution in [-0.2, 0) is 0 Å². The van der Waals surface area contributed by atoms with Gasteiger partial charge in [-0.3, -0.25) is 4.99 Å². The minimum absolute atomic E-state index is 0.104. The van der Waals surface area contributed by atoms with Gasteiger partial charge in [-0.1, -0.05) is 18.2 Å². The number of aliphatic imine (C=N–C) groups is 1. The van der Waals surface area contributed by atoms with Crippen LogP contribution in [-0.4, -0.2) is 18.0 Å². The van der Waals surface area contributed by atoms with Gasteiger partial charge in [-0.25, -0.2) is 0 Å². The minimum Gasteiger partial charge on any atom is -0.505 e. The highest BCUT2D eigenvalue weighted by Crippen LogP contribution is 2.34. The largest absolute Gasteiger partial charge is 0.505 e. The number of phenolic OH excluding ortho intramolecular Hbond substituents is 1. The van der Waals surface area contributed by atoms with Crippen molar-refractivity contribution >= 4 is 29.4 Å². The van der Waals surface area contributed by atoms with Gasteiger partial charge in [0.15, 0.2) is 1.41 Å². The van der Waals surface area contributed by atoms with Crippen molar-refractivity contribution < 1.29 is 6.52 Å². The molecule has 15 heavy (non-hydrogen) atoms. The third-order valence-corrected chi connectivity index (χ3v) is 2.32. The summed E-state index contributed by atoms with van der Waals surface area (Å²) in [6, 6.07) is 9.03.